The molecule has 1 aliphatic rings. The van der Waals surface area contributed by atoms with Crippen molar-refractivity contribution in [1.29, 1.82) is 0 Å². The first-order valence-electron chi connectivity index (χ1n) is 7.08. The van der Waals surface area contributed by atoms with E-state index in [1.54, 1.807) is 0 Å². The lowest BCUT2D eigenvalue weighted by Gasteiger charge is -2.14. The van der Waals surface area contributed by atoms with Crippen molar-refractivity contribution >= 4 is 11.4 Å². The summed E-state index contributed by atoms with van der Waals surface area (Å²) in [5, 5.41) is 7.08. The van der Waals surface area contributed by atoms with Crippen LogP contribution in [0, 0.1) is 5.92 Å². The second-order valence-corrected chi connectivity index (χ2v) is 4.94. The van der Waals surface area contributed by atoms with Gasteiger partial charge in [-0.05, 0) is 30.9 Å². The standard InChI is InChI=1S/C15H24N2O/c1-3-6-12-10-16-13-7-5-8-14(18-9-4-2)15(13)17-11-12/h5,7-8,12,16-17H,3-4,6,9-11H2,1-2H3. The first-order chi connectivity index (χ1) is 8.85. The minimum absolute atomic E-state index is 0.696. The van der Waals surface area contributed by atoms with E-state index in [0.717, 1.165) is 37.6 Å². The highest BCUT2D eigenvalue weighted by Crippen LogP contribution is 2.35. The van der Waals surface area contributed by atoms with E-state index in [9.17, 15) is 0 Å². The van der Waals surface area contributed by atoms with Crippen molar-refractivity contribution < 1.29 is 4.74 Å². The van der Waals surface area contributed by atoms with Gasteiger partial charge in [0.15, 0.2) is 0 Å². The monoisotopic (exact) mass is 248 g/mol. The molecule has 0 aromatic heterocycles. The number of para-hydroxylation sites is 1. The van der Waals surface area contributed by atoms with E-state index in [1.807, 2.05) is 6.07 Å². The third-order valence-corrected chi connectivity index (χ3v) is 3.33. The zero-order valence-electron chi connectivity index (χ0n) is 11.5. The molecule has 0 radical (unpaired) electrons. The summed E-state index contributed by atoms with van der Waals surface area (Å²) in [7, 11) is 0. The van der Waals surface area contributed by atoms with E-state index in [-0.39, 0.29) is 0 Å². The van der Waals surface area contributed by atoms with Crippen LogP contribution in [-0.2, 0) is 0 Å². The fourth-order valence-electron chi connectivity index (χ4n) is 2.38. The number of hydrogen-bond donors (Lipinski definition) is 2. The molecule has 1 unspecified atom stereocenters. The minimum atomic E-state index is 0.696. The van der Waals surface area contributed by atoms with Gasteiger partial charge in [-0.3, -0.25) is 0 Å². The maximum absolute atomic E-state index is 5.80. The van der Waals surface area contributed by atoms with Gasteiger partial charge in [-0.2, -0.15) is 0 Å². The molecule has 1 aromatic carbocycles. The summed E-state index contributed by atoms with van der Waals surface area (Å²) in [5.74, 6) is 1.67. The lowest BCUT2D eigenvalue weighted by molar-refractivity contribution is 0.319. The molecule has 2 rings (SSSR count). The Balaban J connectivity index is 2.11. The van der Waals surface area contributed by atoms with Crippen LogP contribution in [0.4, 0.5) is 11.4 Å². The minimum Gasteiger partial charge on any atom is -0.491 e. The molecular weight excluding hydrogens is 224 g/mol. The number of rotatable bonds is 5. The van der Waals surface area contributed by atoms with Crippen molar-refractivity contribution in [2.45, 2.75) is 33.1 Å². The molecule has 0 fully saturated rings. The number of nitrogens with one attached hydrogen (secondary N) is 2. The fourth-order valence-corrected chi connectivity index (χ4v) is 2.38. The quantitative estimate of drug-likeness (QED) is 0.833. The molecule has 0 saturated heterocycles. The summed E-state index contributed by atoms with van der Waals surface area (Å²) in [6.45, 7) is 7.22. The second kappa shape index (κ2) is 6.53. The molecule has 0 bridgehead atoms. The predicted molar refractivity (Wildman–Crippen MR) is 77.6 cm³/mol. The van der Waals surface area contributed by atoms with Gasteiger partial charge in [0.05, 0.1) is 12.3 Å². The van der Waals surface area contributed by atoms with Crippen LogP contribution in [-0.4, -0.2) is 19.7 Å². The number of ether oxygens (including phenoxy) is 1. The summed E-state index contributed by atoms with van der Waals surface area (Å²) < 4.78 is 5.80. The van der Waals surface area contributed by atoms with Crippen molar-refractivity contribution in [2.75, 3.05) is 30.3 Å². The van der Waals surface area contributed by atoms with Gasteiger partial charge in [0.25, 0.3) is 0 Å². The summed E-state index contributed by atoms with van der Waals surface area (Å²) in [4.78, 5) is 0. The van der Waals surface area contributed by atoms with E-state index in [1.165, 1.54) is 18.5 Å². The van der Waals surface area contributed by atoms with E-state index in [0.29, 0.717) is 5.92 Å². The van der Waals surface area contributed by atoms with Crippen LogP contribution in [0.3, 0.4) is 0 Å². The van der Waals surface area contributed by atoms with Gasteiger partial charge in [0.2, 0.25) is 0 Å². The lowest BCUT2D eigenvalue weighted by Crippen LogP contribution is -2.18. The van der Waals surface area contributed by atoms with Gasteiger partial charge in [-0.25, -0.2) is 0 Å². The zero-order valence-corrected chi connectivity index (χ0v) is 11.5. The van der Waals surface area contributed by atoms with Crippen LogP contribution in [0.15, 0.2) is 18.2 Å². The van der Waals surface area contributed by atoms with Gasteiger partial charge in [-0.15, -0.1) is 0 Å². The van der Waals surface area contributed by atoms with Crippen molar-refractivity contribution in [3.63, 3.8) is 0 Å². The molecular formula is C15H24N2O. The normalized spacial score (nSPS) is 18.2. The van der Waals surface area contributed by atoms with Crippen LogP contribution < -0.4 is 15.4 Å². The van der Waals surface area contributed by atoms with E-state index >= 15 is 0 Å². The Labute approximate surface area is 110 Å². The number of anilines is 2. The van der Waals surface area contributed by atoms with Crippen molar-refractivity contribution in [2.24, 2.45) is 5.92 Å². The molecule has 1 aliphatic heterocycles. The Kier molecular flexibility index (Phi) is 4.73. The molecule has 100 valence electrons. The first-order valence-corrected chi connectivity index (χ1v) is 7.08. The van der Waals surface area contributed by atoms with E-state index in [4.69, 9.17) is 4.74 Å². The topological polar surface area (TPSA) is 33.3 Å². The predicted octanol–water partition coefficient (Wildman–Crippen LogP) is 3.73. The van der Waals surface area contributed by atoms with Crippen LogP contribution in [0.2, 0.25) is 0 Å². The molecule has 0 spiro atoms. The van der Waals surface area contributed by atoms with Crippen LogP contribution in [0.1, 0.15) is 33.1 Å². The van der Waals surface area contributed by atoms with Gasteiger partial charge < -0.3 is 15.4 Å². The molecule has 3 heteroatoms. The molecule has 18 heavy (non-hydrogen) atoms. The number of benzene rings is 1. The summed E-state index contributed by atoms with van der Waals surface area (Å²) >= 11 is 0. The molecule has 0 saturated carbocycles. The van der Waals surface area contributed by atoms with Crippen molar-refractivity contribution in [3.8, 4) is 5.75 Å². The first kappa shape index (κ1) is 13.1. The van der Waals surface area contributed by atoms with E-state index in [2.05, 4.69) is 36.6 Å². The summed E-state index contributed by atoms with van der Waals surface area (Å²) in [5.41, 5.74) is 2.30. The smallest absolute Gasteiger partial charge is 0.144 e. The molecule has 1 aromatic rings. The van der Waals surface area contributed by atoms with Crippen molar-refractivity contribution in [1.82, 2.24) is 0 Å². The fraction of sp³-hybridized carbons (Fsp3) is 0.600. The Morgan fingerprint density at radius 1 is 1.17 bits per heavy atom. The Morgan fingerprint density at radius 3 is 2.78 bits per heavy atom. The van der Waals surface area contributed by atoms with E-state index < -0.39 is 0 Å². The molecule has 1 heterocycles. The highest BCUT2D eigenvalue weighted by atomic mass is 16.5. The molecule has 0 aliphatic carbocycles. The average molecular weight is 248 g/mol. The molecule has 0 amide bonds. The highest BCUT2D eigenvalue weighted by molar-refractivity contribution is 5.76. The third-order valence-electron chi connectivity index (χ3n) is 3.33. The summed E-state index contributed by atoms with van der Waals surface area (Å²) in [6, 6.07) is 6.22. The maximum atomic E-state index is 5.80. The lowest BCUT2D eigenvalue weighted by atomic mass is 10.0. The maximum Gasteiger partial charge on any atom is 0.144 e. The third kappa shape index (κ3) is 3.09. The zero-order chi connectivity index (χ0) is 12.8. The number of hydrogen-bond acceptors (Lipinski definition) is 3. The average Bonchev–Trinajstić information content (AvgIpc) is 2.60. The van der Waals surface area contributed by atoms with Crippen LogP contribution in [0.25, 0.3) is 0 Å². The Bertz CT molecular complexity index is 379. The summed E-state index contributed by atoms with van der Waals surface area (Å²) in [6.07, 6.45) is 3.54. The molecule has 1 atom stereocenters. The van der Waals surface area contributed by atoms with Gasteiger partial charge >= 0.3 is 0 Å². The Hall–Kier alpha value is -1.38. The molecule has 3 nitrogen and oxygen atoms in total. The largest absolute Gasteiger partial charge is 0.491 e. The number of fused-ring (bicyclic) bond motifs is 1. The van der Waals surface area contributed by atoms with Crippen LogP contribution >= 0.6 is 0 Å². The molecule has 2 N–H and O–H groups in total. The van der Waals surface area contributed by atoms with Gasteiger partial charge in [0.1, 0.15) is 11.4 Å². The second-order valence-electron chi connectivity index (χ2n) is 4.94. The Morgan fingerprint density at radius 2 is 2.00 bits per heavy atom. The SMILES string of the molecule is CCCOc1cccc2c1NCC(CCC)CN2. The van der Waals surface area contributed by atoms with Gasteiger partial charge in [-0.1, -0.05) is 26.3 Å². The van der Waals surface area contributed by atoms with Crippen molar-refractivity contribution in [3.05, 3.63) is 18.2 Å². The van der Waals surface area contributed by atoms with Crippen LogP contribution in [0.5, 0.6) is 5.75 Å². The van der Waals surface area contributed by atoms with Gasteiger partial charge in [0, 0.05) is 13.1 Å². The highest BCUT2D eigenvalue weighted by Gasteiger charge is 2.17.